The summed E-state index contributed by atoms with van der Waals surface area (Å²) in [4.78, 5) is 3.16. The Morgan fingerprint density at radius 1 is 1.10 bits per heavy atom. The lowest BCUT2D eigenvalue weighted by Crippen LogP contribution is -1.94. The second-order valence-electron chi connectivity index (χ2n) is 4.57. The molecule has 0 bridgehead atoms. The van der Waals surface area contributed by atoms with Gasteiger partial charge in [-0.1, -0.05) is 42.3 Å². The van der Waals surface area contributed by atoms with Crippen LogP contribution in [0.15, 0.2) is 36.4 Å². The summed E-state index contributed by atoms with van der Waals surface area (Å²) >= 11 is 17.6. The number of H-pyrrole nitrogens is 1. The molecule has 0 aliphatic carbocycles. The molecule has 5 heteroatoms. The number of nitrogens with one attached hydrogen (secondary N) is 1. The van der Waals surface area contributed by atoms with E-state index in [1.54, 1.807) is 6.07 Å². The Labute approximate surface area is 132 Å². The van der Waals surface area contributed by atoms with Gasteiger partial charge in [-0.05, 0) is 48.5 Å². The van der Waals surface area contributed by atoms with Gasteiger partial charge in [-0.2, -0.15) is 0 Å². The quantitative estimate of drug-likeness (QED) is 0.613. The SMILES string of the molecule is CCc1ccc(-n2c(=S)[nH]c3cc(Cl)c(Cl)cc32)cc1. The first-order valence-electron chi connectivity index (χ1n) is 6.29. The smallest absolute Gasteiger partial charge is 0.182 e. The summed E-state index contributed by atoms with van der Waals surface area (Å²) in [6.07, 6.45) is 1.01. The van der Waals surface area contributed by atoms with Crippen LogP contribution in [0.3, 0.4) is 0 Å². The normalized spacial score (nSPS) is 11.2. The van der Waals surface area contributed by atoms with Crippen molar-refractivity contribution in [2.45, 2.75) is 13.3 Å². The highest BCUT2D eigenvalue weighted by Gasteiger charge is 2.09. The molecule has 2 aromatic carbocycles. The molecule has 0 unspecified atom stereocenters. The lowest BCUT2D eigenvalue weighted by Gasteiger charge is -2.06. The second kappa shape index (κ2) is 5.24. The number of hydrogen-bond acceptors (Lipinski definition) is 1. The fraction of sp³-hybridized carbons (Fsp3) is 0.133. The van der Waals surface area contributed by atoms with E-state index in [1.807, 2.05) is 10.6 Å². The number of aromatic nitrogens is 2. The third kappa shape index (κ3) is 2.26. The topological polar surface area (TPSA) is 20.7 Å². The molecule has 1 N–H and O–H groups in total. The van der Waals surface area contributed by atoms with E-state index in [2.05, 4.69) is 36.2 Å². The van der Waals surface area contributed by atoms with Crippen LogP contribution >= 0.6 is 35.4 Å². The van der Waals surface area contributed by atoms with Crippen LogP contribution in [0.25, 0.3) is 16.7 Å². The molecule has 0 radical (unpaired) electrons. The van der Waals surface area contributed by atoms with Gasteiger partial charge in [0.1, 0.15) is 0 Å². The Morgan fingerprint density at radius 2 is 1.75 bits per heavy atom. The monoisotopic (exact) mass is 322 g/mol. The van der Waals surface area contributed by atoms with Crippen molar-refractivity contribution in [1.82, 2.24) is 9.55 Å². The highest BCUT2D eigenvalue weighted by Crippen LogP contribution is 2.29. The second-order valence-corrected chi connectivity index (χ2v) is 5.77. The van der Waals surface area contributed by atoms with Gasteiger partial charge in [0.05, 0.1) is 21.1 Å². The number of fused-ring (bicyclic) bond motifs is 1. The minimum Gasteiger partial charge on any atom is -0.330 e. The van der Waals surface area contributed by atoms with Gasteiger partial charge in [0, 0.05) is 5.69 Å². The van der Waals surface area contributed by atoms with Crippen LogP contribution in [0.1, 0.15) is 12.5 Å². The molecule has 0 saturated carbocycles. The van der Waals surface area contributed by atoms with E-state index >= 15 is 0 Å². The predicted molar refractivity (Wildman–Crippen MR) is 87.9 cm³/mol. The average molecular weight is 323 g/mol. The Morgan fingerprint density at radius 3 is 2.40 bits per heavy atom. The summed E-state index contributed by atoms with van der Waals surface area (Å²) < 4.78 is 2.59. The summed E-state index contributed by atoms with van der Waals surface area (Å²) in [5.41, 5.74) is 4.11. The Hall–Kier alpha value is -1.29. The number of imidazole rings is 1. The standard InChI is InChI=1S/C15H12Cl2N2S/c1-2-9-3-5-10(6-4-9)19-14-8-12(17)11(16)7-13(14)18-15(19)20/h3-8H,2H2,1H3,(H,18,20). The van der Waals surface area contributed by atoms with Gasteiger partial charge in [-0.25, -0.2) is 0 Å². The van der Waals surface area contributed by atoms with Crippen molar-refractivity contribution in [2.24, 2.45) is 0 Å². The lowest BCUT2D eigenvalue weighted by molar-refractivity contribution is 1.05. The van der Waals surface area contributed by atoms with Gasteiger partial charge in [-0.3, -0.25) is 4.57 Å². The highest BCUT2D eigenvalue weighted by atomic mass is 35.5. The van der Waals surface area contributed by atoms with Gasteiger partial charge >= 0.3 is 0 Å². The van der Waals surface area contributed by atoms with Crippen molar-refractivity contribution in [3.8, 4) is 5.69 Å². The molecule has 0 saturated heterocycles. The molecule has 0 spiro atoms. The first kappa shape index (κ1) is 13.7. The van der Waals surface area contributed by atoms with E-state index in [4.69, 9.17) is 35.4 Å². The number of nitrogens with zero attached hydrogens (tertiary/aromatic N) is 1. The largest absolute Gasteiger partial charge is 0.330 e. The molecule has 0 fully saturated rings. The molecule has 102 valence electrons. The summed E-state index contributed by atoms with van der Waals surface area (Å²) in [7, 11) is 0. The number of halogens is 2. The maximum Gasteiger partial charge on any atom is 0.182 e. The lowest BCUT2D eigenvalue weighted by atomic mass is 10.1. The van der Waals surface area contributed by atoms with Crippen LogP contribution in [0.4, 0.5) is 0 Å². The number of aryl methyl sites for hydroxylation is 1. The fourth-order valence-electron chi connectivity index (χ4n) is 2.24. The number of aromatic amines is 1. The molecule has 1 aromatic heterocycles. The van der Waals surface area contributed by atoms with Crippen molar-refractivity contribution in [3.05, 3.63) is 56.8 Å². The van der Waals surface area contributed by atoms with E-state index in [1.165, 1.54) is 5.56 Å². The zero-order valence-electron chi connectivity index (χ0n) is 10.8. The predicted octanol–water partition coefficient (Wildman–Crippen LogP) is 5.56. The van der Waals surface area contributed by atoms with Crippen LogP contribution in [0.2, 0.25) is 10.0 Å². The summed E-state index contributed by atoms with van der Waals surface area (Å²) in [6.45, 7) is 2.13. The molecule has 20 heavy (non-hydrogen) atoms. The third-order valence-electron chi connectivity index (χ3n) is 3.33. The Bertz CT molecular complexity index is 831. The van der Waals surface area contributed by atoms with Gasteiger partial charge in [0.2, 0.25) is 0 Å². The van der Waals surface area contributed by atoms with E-state index in [-0.39, 0.29) is 0 Å². The van der Waals surface area contributed by atoms with Gasteiger partial charge in [0.15, 0.2) is 4.77 Å². The molecule has 0 atom stereocenters. The maximum atomic E-state index is 6.11. The zero-order chi connectivity index (χ0) is 14.3. The van der Waals surface area contributed by atoms with Crippen molar-refractivity contribution in [1.29, 1.82) is 0 Å². The van der Waals surface area contributed by atoms with E-state index in [0.29, 0.717) is 14.8 Å². The van der Waals surface area contributed by atoms with Gasteiger partial charge in [-0.15, -0.1) is 0 Å². The van der Waals surface area contributed by atoms with Crippen LogP contribution in [-0.2, 0) is 6.42 Å². The Balaban J connectivity index is 2.26. The molecule has 1 heterocycles. The van der Waals surface area contributed by atoms with Crippen molar-refractivity contribution in [2.75, 3.05) is 0 Å². The fourth-order valence-corrected chi connectivity index (χ4v) is 2.87. The van der Waals surface area contributed by atoms with Crippen LogP contribution in [0.5, 0.6) is 0 Å². The molecule has 3 rings (SSSR count). The van der Waals surface area contributed by atoms with Crippen molar-refractivity contribution < 1.29 is 0 Å². The number of hydrogen-bond donors (Lipinski definition) is 1. The molecule has 2 nitrogen and oxygen atoms in total. The van der Waals surface area contributed by atoms with Crippen LogP contribution in [0, 0.1) is 4.77 Å². The molecular weight excluding hydrogens is 311 g/mol. The van der Waals surface area contributed by atoms with Crippen LogP contribution < -0.4 is 0 Å². The van der Waals surface area contributed by atoms with E-state index in [9.17, 15) is 0 Å². The summed E-state index contributed by atoms with van der Waals surface area (Å²) in [6, 6.07) is 12.0. The Kier molecular flexibility index (Phi) is 3.59. The first-order chi connectivity index (χ1) is 9.60. The molecular formula is C15H12Cl2N2S. The number of benzene rings is 2. The molecule has 3 aromatic rings. The van der Waals surface area contributed by atoms with E-state index < -0.39 is 0 Å². The maximum absolute atomic E-state index is 6.11. The van der Waals surface area contributed by atoms with Gasteiger partial charge in [0.25, 0.3) is 0 Å². The number of rotatable bonds is 2. The minimum absolute atomic E-state index is 0.517. The van der Waals surface area contributed by atoms with Gasteiger partial charge < -0.3 is 4.98 Å². The average Bonchev–Trinajstić information content (AvgIpc) is 2.75. The minimum atomic E-state index is 0.517. The molecule has 0 aliphatic rings. The first-order valence-corrected chi connectivity index (χ1v) is 7.45. The summed E-state index contributed by atoms with van der Waals surface area (Å²) in [5.74, 6) is 0. The molecule has 0 amide bonds. The van der Waals surface area contributed by atoms with Crippen molar-refractivity contribution in [3.63, 3.8) is 0 Å². The van der Waals surface area contributed by atoms with Crippen molar-refractivity contribution >= 4 is 46.5 Å². The third-order valence-corrected chi connectivity index (χ3v) is 4.33. The van der Waals surface area contributed by atoms with E-state index in [0.717, 1.165) is 23.1 Å². The summed E-state index contributed by atoms with van der Waals surface area (Å²) in [5, 5.41) is 1.04. The highest BCUT2D eigenvalue weighted by molar-refractivity contribution is 7.71. The molecule has 0 aliphatic heterocycles. The van der Waals surface area contributed by atoms with Crippen LogP contribution in [-0.4, -0.2) is 9.55 Å². The zero-order valence-corrected chi connectivity index (χ0v) is 13.1.